The summed E-state index contributed by atoms with van der Waals surface area (Å²) < 4.78 is 68.6. The summed E-state index contributed by atoms with van der Waals surface area (Å²) in [4.78, 5) is 73.1. The molecule has 0 saturated heterocycles. The highest BCUT2D eigenvalue weighted by Gasteiger charge is 2.30. The van der Waals surface area contributed by atoms with Gasteiger partial charge in [0.05, 0.1) is 26.4 Å². The number of unbranched alkanes of at least 4 members (excludes halogenated alkanes) is 23. The van der Waals surface area contributed by atoms with Crippen LogP contribution in [-0.2, 0) is 65.4 Å². The molecular weight excluding hydrogens is 1380 g/mol. The van der Waals surface area contributed by atoms with Crippen LogP contribution < -0.4 is 0 Å². The van der Waals surface area contributed by atoms with E-state index < -0.39 is 97.5 Å². The summed E-state index contributed by atoms with van der Waals surface area (Å²) in [6.45, 7) is 4.43. The Morgan fingerprint density at radius 1 is 0.274 bits per heavy atom. The van der Waals surface area contributed by atoms with Crippen LogP contribution in [0.25, 0.3) is 0 Å². The van der Waals surface area contributed by atoms with Crippen LogP contribution in [0.2, 0.25) is 0 Å². The molecule has 0 saturated carbocycles. The van der Waals surface area contributed by atoms with Crippen LogP contribution in [-0.4, -0.2) is 96.7 Å². The molecule has 0 aliphatic heterocycles. The quantitative estimate of drug-likeness (QED) is 0.0169. The molecule has 0 fully saturated rings. The number of hydrogen-bond acceptors (Lipinski definition) is 15. The fraction of sp³-hybridized carbons (Fsp3) is 0.655. The van der Waals surface area contributed by atoms with Gasteiger partial charge in [0.15, 0.2) is 12.2 Å². The van der Waals surface area contributed by atoms with Gasteiger partial charge in [-0.3, -0.25) is 37.3 Å². The molecule has 0 amide bonds. The molecule has 0 heterocycles. The maximum atomic E-state index is 13.1. The third-order valence-electron chi connectivity index (χ3n) is 16.5. The van der Waals surface area contributed by atoms with Crippen LogP contribution >= 0.6 is 15.6 Å². The largest absolute Gasteiger partial charge is 0.472 e. The number of carbonyl (C=O) groups excluding carboxylic acids is 4. The SMILES string of the molecule is CC/C=C\C/C=C\C/C=C\C/C=C\C/C=C\CCCCCC(=O)OCC(COP(=O)(O)OCC(O)COP(=O)(O)OCC(COC(=O)CCCCCCCC/C=C\C/C=C\C/C=C\C/C=C\CC)OC(=O)CCCCCCC/C=C\CCCC)OC(=O)CCCCCCCCC/C=C\C/C=C\C/C=C\CC. The Bertz CT molecular complexity index is 2630. The van der Waals surface area contributed by atoms with Crippen molar-refractivity contribution >= 4 is 39.5 Å². The third-order valence-corrected chi connectivity index (χ3v) is 18.4. The molecule has 19 heteroatoms. The third kappa shape index (κ3) is 76.9. The highest BCUT2D eigenvalue weighted by atomic mass is 31.2. The fourth-order valence-corrected chi connectivity index (χ4v) is 11.9. The van der Waals surface area contributed by atoms with Crippen molar-refractivity contribution in [3.8, 4) is 0 Å². The van der Waals surface area contributed by atoms with Crippen molar-refractivity contribution in [1.29, 1.82) is 0 Å². The molecule has 0 aliphatic carbocycles. The van der Waals surface area contributed by atoms with Gasteiger partial charge in [0, 0.05) is 25.7 Å². The van der Waals surface area contributed by atoms with Gasteiger partial charge in [-0.05, 0) is 161 Å². The minimum absolute atomic E-state index is 0.0710. The lowest BCUT2D eigenvalue weighted by Crippen LogP contribution is -2.30. The van der Waals surface area contributed by atoms with Gasteiger partial charge < -0.3 is 33.8 Å². The van der Waals surface area contributed by atoms with Gasteiger partial charge in [0.25, 0.3) is 0 Å². The number of rotatable bonds is 75. The van der Waals surface area contributed by atoms with Crippen molar-refractivity contribution in [2.24, 2.45) is 0 Å². The maximum Gasteiger partial charge on any atom is 0.472 e. The van der Waals surface area contributed by atoms with Crippen molar-refractivity contribution in [1.82, 2.24) is 0 Å². The van der Waals surface area contributed by atoms with E-state index >= 15 is 0 Å². The van der Waals surface area contributed by atoms with Crippen molar-refractivity contribution in [3.63, 3.8) is 0 Å². The summed E-state index contributed by atoms with van der Waals surface area (Å²) in [6.07, 6.45) is 90.8. The van der Waals surface area contributed by atoms with Crippen LogP contribution in [0.5, 0.6) is 0 Å². The van der Waals surface area contributed by atoms with E-state index in [2.05, 4.69) is 186 Å². The summed E-state index contributed by atoms with van der Waals surface area (Å²) in [5.41, 5.74) is 0. The van der Waals surface area contributed by atoms with Crippen molar-refractivity contribution in [2.45, 2.75) is 329 Å². The molecule has 0 aliphatic rings. The van der Waals surface area contributed by atoms with Crippen LogP contribution in [0.4, 0.5) is 0 Å². The minimum atomic E-state index is -5.00. The van der Waals surface area contributed by atoms with Gasteiger partial charge in [-0.1, -0.05) is 282 Å². The summed E-state index contributed by atoms with van der Waals surface area (Å²) in [7, 11) is -9.99. The average molecular weight is 1520 g/mol. The molecule has 0 spiro atoms. The molecule has 0 aromatic rings. The predicted molar refractivity (Wildman–Crippen MR) is 436 cm³/mol. The summed E-state index contributed by atoms with van der Waals surface area (Å²) in [5, 5.41) is 10.6. The first kappa shape index (κ1) is 101. The van der Waals surface area contributed by atoms with Crippen LogP contribution in [0.15, 0.2) is 158 Å². The topological polar surface area (TPSA) is 237 Å². The molecule has 0 rings (SSSR count). The standard InChI is InChI=1S/C87H144O17P2/c1-5-9-13-17-21-25-29-32-35-38-40-43-45-48-52-55-59-63-67-71-84(89)97-77-82(103-86(91)73-69-65-61-57-51-28-24-20-16-12-8-4)79-101-105(93,94)99-75-81(88)76-100-106(95,96)102-80-83(104-87(92)74-70-66-62-58-54-50-47-42-37-34-31-27-23-19-15-11-7-3)78-98-85(90)72-68-64-60-56-53-49-46-44-41-39-36-33-30-26-22-18-14-10-6-2/h9-11,13-15,20-27,32-37,40-41,43-44,49,53,81-83,88H,5-8,12,16-19,28-31,38-39,42,45-48,50-52,54-80H2,1-4H3,(H,93,94)(H,95,96)/b13-9-,14-10-,15-11-,24-20-,25-21-,26-22-,27-23-,35-32-,36-33-,37-34-,43-40-,44-41-,53-49-. The molecule has 17 nitrogen and oxygen atoms in total. The summed E-state index contributed by atoms with van der Waals surface area (Å²) in [6, 6.07) is 0. The summed E-state index contributed by atoms with van der Waals surface area (Å²) >= 11 is 0. The number of phosphoric acid groups is 2. The van der Waals surface area contributed by atoms with Crippen LogP contribution in [0, 0.1) is 0 Å². The Morgan fingerprint density at radius 2 is 0.491 bits per heavy atom. The van der Waals surface area contributed by atoms with Gasteiger partial charge in [-0.2, -0.15) is 0 Å². The number of hydrogen-bond donors (Lipinski definition) is 3. The Kier molecular flexibility index (Phi) is 73.9. The lowest BCUT2D eigenvalue weighted by atomic mass is 10.1. The normalized spacial score (nSPS) is 14.7. The molecule has 604 valence electrons. The molecular formula is C87H144O17P2. The number of carbonyl (C=O) groups is 4. The second-order valence-corrected chi connectivity index (χ2v) is 29.5. The number of aliphatic hydroxyl groups excluding tert-OH is 1. The zero-order chi connectivity index (χ0) is 77.4. The molecule has 0 radical (unpaired) electrons. The molecule has 106 heavy (non-hydrogen) atoms. The number of esters is 4. The first-order valence-corrected chi connectivity index (χ1v) is 43.7. The Morgan fingerprint density at radius 3 is 0.774 bits per heavy atom. The number of aliphatic hydroxyl groups is 1. The molecule has 0 bridgehead atoms. The molecule has 5 unspecified atom stereocenters. The smallest absolute Gasteiger partial charge is 0.462 e. The zero-order valence-corrected chi connectivity index (χ0v) is 67.8. The second kappa shape index (κ2) is 77.8. The van der Waals surface area contributed by atoms with E-state index in [9.17, 15) is 43.2 Å². The Labute approximate surface area is 642 Å². The molecule has 0 aromatic heterocycles. The van der Waals surface area contributed by atoms with Gasteiger partial charge in [-0.15, -0.1) is 0 Å². The van der Waals surface area contributed by atoms with E-state index in [-0.39, 0.29) is 25.7 Å². The van der Waals surface area contributed by atoms with Crippen LogP contribution in [0.3, 0.4) is 0 Å². The van der Waals surface area contributed by atoms with E-state index in [1.165, 1.54) is 12.8 Å². The highest BCUT2D eigenvalue weighted by molar-refractivity contribution is 7.47. The van der Waals surface area contributed by atoms with Crippen molar-refractivity contribution in [2.75, 3.05) is 39.6 Å². The monoisotopic (exact) mass is 1520 g/mol. The number of ether oxygens (including phenoxy) is 4. The van der Waals surface area contributed by atoms with Gasteiger partial charge >= 0.3 is 39.5 Å². The zero-order valence-electron chi connectivity index (χ0n) is 66.1. The summed E-state index contributed by atoms with van der Waals surface area (Å²) in [5.74, 6) is -2.25. The number of allylic oxidation sites excluding steroid dienone is 26. The van der Waals surface area contributed by atoms with Gasteiger partial charge in [0.2, 0.25) is 0 Å². The minimum Gasteiger partial charge on any atom is -0.462 e. The Hall–Kier alpha value is -5.32. The highest BCUT2D eigenvalue weighted by Crippen LogP contribution is 2.45. The average Bonchev–Trinajstić information content (AvgIpc) is 0.919. The fourth-order valence-electron chi connectivity index (χ4n) is 10.4. The van der Waals surface area contributed by atoms with Crippen molar-refractivity contribution < 1.29 is 80.2 Å². The predicted octanol–water partition coefficient (Wildman–Crippen LogP) is 24.0. The van der Waals surface area contributed by atoms with E-state index in [4.69, 9.17) is 37.0 Å². The lowest BCUT2D eigenvalue weighted by molar-refractivity contribution is -0.161. The van der Waals surface area contributed by atoms with E-state index in [0.29, 0.717) is 25.7 Å². The van der Waals surface area contributed by atoms with Gasteiger partial charge in [0.1, 0.15) is 19.3 Å². The number of phosphoric ester groups is 2. The van der Waals surface area contributed by atoms with Gasteiger partial charge in [-0.25, -0.2) is 9.13 Å². The van der Waals surface area contributed by atoms with Crippen LogP contribution in [0.1, 0.15) is 310 Å². The van der Waals surface area contributed by atoms with E-state index in [1.54, 1.807) is 0 Å². The molecule has 3 N–H and O–H groups in total. The maximum absolute atomic E-state index is 13.1. The van der Waals surface area contributed by atoms with E-state index in [1.807, 2.05) is 0 Å². The first-order valence-electron chi connectivity index (χ1n) is 40.7. The Balaban J connectivity index is 5.39. The second-order valence-electron chi connectivity index (χ2n) is 26.6. The van der Waals surface area contributed by atoms with E-state index in [0.717, 1.165) is 218 Å². The lowest BCUT2D eigenvalue weighted by Gasteiger charge is -2.21. The molecule has 5 atom stereocenters. The first-order chi connectivity index (χ1) is 51.7. The van der Waals surface area contributed by atoms with Crippen molar-refractivity contribution in [3.05, 3.63) is 158 Å². The molecule has 0 aromatic carbocycles.